The molecule has 0 radical (unpaired) electrons. The molecule has 1 aromatic rings. The Hall–Kier alpha value is -1.62. The lowest BCUT2D eigenvalue weighted by atomic mass is 10.1. The number of pyridine rings is 1. The van der Waals surface area contributed by atoms with Crippen LogP contribution in [0.2, 0.25) is 5.02 Å². The molecule has 1 amide bonds. The van der Waals surface area contributed by atoms with E-state index in [0.29, 0.717) is 23.6 Å². The first-order valence-corrected chi connectivity index (χ1v) is 6.58. The Morgan fingerprint density at radius 3 is 2.68 bits per heavy atom. The summed E-state index contributed by atoms with van der Waals surface area (Å²) in [5.74, 6) is -0.974. The van der Waals surface area contributed by atoms with E-state index in [2.05, 4.69) is 10.3 Å². The van der Waals surface area contributed by atoms with Crippen LogP contribution in [0.5, 0.6) is 0 Å². The molecule has 1 rings (SSSR count). The Labute approximate surface area is 117 Å². The molecule has 0 saturated heterocycles. The standard InChI is InChI=1S/C13H17ClN2O3/c14-11-9-15-8-6-10(11)13(19)16-7-4-2-1-3-5-12(17)18/h6,8-9H,1-5,7H2,(H,16,19)(H,17,18). The van der Waals surface area contributed by atoms with Crippen molar-refractivity contribution in [3.05, 3.63) is 29.0 Å². The second-order valence-corrected chi connectivity index (χ2v) is 4.58. The van der Waals surface area contributed by atoms with Crippen molar-refractivity contribution < 1.29 is 14.7 Å². The number of halogens is 1. The van der Waals surface area contributed by atoms with E-state index in [0.717, 1.165) is 19.3 Å². The Bertz CT molecular complexity index is 438. The highest BCUT2D eigenvalue weighted by atomic mass is 35.5. The molecule has 0 atom stereocenters. The average molecular weight is 285 g/mol. The first kappa shape index (κ1) is 15.4. The summed E-state index contributed by atoms with van der Waals surface area (Å²) in [6.45, 7) is 0.560. The van der Waals surface area contributed by atoms with Crippen molar-refractivity contribution in [1.29, 1.82) is 0 Å². The van der Waals surface area contributed by atoms with Crippen LogP contribution in [0.4, 0.5) is 0 Å². The van der Waals surface area contributed by atoms with Crippen LogP contribution in [-0.2, 0) is 4.79 Å². The summed E-state index contributed by atoms with van der Waals surface area (Å²) in [6, 6.07) is 1.57. The normalized spacial score (nSPS) is 10.2. The summed E-state index contributed by atoms with van der Waals surface area (Å²) in [7, 11) is 0. The number of carboxylic acid groups (broad SMARTS) is 1. The van der Waals surface area contributed by atoms with Gasteiger partial charge in [-0.25, -0.2) is 0 Å². The topological polar surface area (TPSA) is 79.3 Å². The zero-order valence-corrected chi connectivity index (χ0v) is 11.3. The smallest absolute Gasteiger partial charge is 0.303 e. The molecule has 0 aliphatic rings. The number of carbonyl (C=O) groups excluding carboxylic acids is 1. The van der Waals surface area contributed by atoms with Crippen LogP contribution in [0.3, 0.4) is 0 Å². The fourth-order valence-electron chi connectivity index (χ4n) is 1.61. The maximum atomic E-state index is 11.7. The molecular formula is C13H17ClN2O3. The van der Waals surface area contributed by atoms with Crippen LogP contribution in [0.15, 0.2) is 18.5 Å². The largest absolute Gasteiger partial charge is 0.481 e. The lowest BCUT2D eigenvalue weighted by Crippen LogP contribution is -2.24. The number of nitrogens with one attached hydrogen (secondary N) is 1. The monoisotopic (exact) mass is 284 g/mol. The Balaban J connectivity index is 2.15. The summed E-state index contributed by atoms with van der Waals surface area (Å²) in [4.78, 5) is 25.8. The third-order valence-corrected chi connectivity index (χ3v) is 2.92. The molecular weight excluding hydrogens is 268 g/mol. The van der Waals surface area contributed by atoms with Crippen LogP contribution in [0.25, 0.3) is 0 Å². The maximum Gasteiger partial charge on any atom is 0.303 e. The zero-order valence-electron chi connectivity index (χ0n) is 10.6. The van der Waals surface area contributed by atoms with E-state index >= 15 is 0 Å². The number of unbranched alkanes of at least 4 members (excludes halogenated alkanes) is 3. The van der Waals surface area contributed by atoms with E-state index < -0.39 is 5.97 Å². The van der Waals surface area contributed by atoms with Crippen molar-refractivity contribution in [3.8, 4) is 0 Å². The third kappa shape index (κ3) is 6.20. The zero-order chi connectivity index (χ0) is 14.1. The molecule has 2 N–H and O–H groups in total. The lowest BCUT2D eigenvalue weighted by molar-refractivity contribution is -0.137. The van der Waals surface area contributed by atoms with Gasteiger partial charge in [0.25, 0.3) is 5.91 Å². The summed E-state index contributed by atoms with van der Waals surface area (Å²) in [5, 5.41) is 11.6. The minimum absolute atomic E-state index is 0.207. The van der Waals surface area contributed by atoms with E-state index in [4.69, 9.17) is 16.7 Å². The quantitative estimate of drug-likeness (QED) is 0.719. The number of aliphatic carboxylic acids is 1. The van der Waals surface area contributed by atoms with Gasteiger partial charge in [-0.15, -0.1) is 0 Å². The fraction of sp³-hybridized carbons (Fsp3) is 0.462. The molecule has 0 unspecified atom stereocenters. The average Bonchev–Trinajstić information content (AvgIpc) is 2.37. The summed E-state index contributed by atoms with van der Waals surface area (Å²) in [5.41, 5.74) is 0.419. The van der Waals surface area contributed by atoms with Crippen LogP contribution in [-0.4, -0.2) is 28.5 Å². The van der Waals surface area contributed by atoms with Crippen molar-refractivity contribution >= 4 is 23.5 Å². The van der Waals surface area contributed by atoms with E-state index in [1.165, 1.54) is 12.4 Å². The van der Waals surface area contributed by atoms with Crippen molar-refractivity contribution in [2.45, 2.75) is 32.1 Å². The van der Waals surface area contributed by atoms with Crippen LogP contribution in [0.1, 0.15) is 42.5 Å². The Morgan fingerprint density at radius 2 is 2.00 bits per heavy atom. The third-order valence-electron chi connectivity index (χ3n) is 2.62. The van der Waals surface area contributed by atoms with Crippen molar-refractivity contribution in [2.75, 3.05) is 6.54 Å². The molecule has 0 saturated carbocycles. The highest BCUT2D eigenvalue weighted by Crippen LogP contribution is 2.12. The molecule has 104 valence electrons. The minimum Gasteiger partial charge on any atom is -0.481 e. The number of amides is 1. The van der Waals surface area contributed by atoms with E-state index in [1.54, 1.807) is 6.07 Å². The molecule has 1 heterocycles. The van der Waals surface area contributed by atoms with Crippen molar-refractivity contribution in [2.24, 2.45) is 0 Å². The van der Waals surface area contributed by atoms with Gasteiger partial charge in [-0.3, -0.25) is 14.6 Å². The van der Waals surface area contributed by atoms with Crippen molar-refractivity contribution in [3.63, 3.8) is 0 Å². The minimum atomic E-state index is -0.763. The molecule has 0 bridgehead atoms. The molecule has 0 aliphatic heterocycles. The lowest BCUT2D eigenvalue weighted by Gasteiger charge is -2.06. The van der Waals surface area contributed by atoms with E-state index in [-0.39, 0.29) is 12.3 Å². The van der Waals surface area contributed by atoms with Gasteiger partial charge >= 0.3 is 5.97 Å². The highest BCUT2D eigenvalue weighted by Gasteiger charge is 2.08. The van der Waals surface area contributed by atoms with E-state index in [9.17, 15) is 9.59 Å². The van der Waals surface area contributed by atoms with Gasteiger partial charge < -0.3 is 10.4 Å². The summed E-state index contributed by atoms with van der Waals surface area (Å²) < 4.78 is 0. The van der Waals surface area contributed by atoms with Gasteiger partial charge in [-0.2, -0.15) is 0 Å². The van der Waals surface area contributed by atoms with Gasteiger partial charge in [0.05, 0.1) is 10.6 Å². The number of rotatable bonds is 8. The van der Waals surface area contributed by atoms with Crippen LogP contribution >= 0.6 is 11.6 Å². The Morgan fingerprint density at radius 1 is 1.26 bits per heavy atom. The first-order chi connectivity index (χ1) is 9.11. The van der Waals surface area contributed by atoms with Gasteiger partial charge in [0.1, 0.15) is 0 Å². The molecule has 1 aromatic heterocycles. The number of carbonyl (C=O) groups is 2. The molecule has 0 aromatic carbocycles. The van der Waals surface area contributed by atoms with Gasteiger partial charge in [0.15, 0.2) is 0 Å². The second kappa shape index (κ2) is 8.48. The Kier molecular flexibility index (Phi) is 6.89. The number of nitrogens with zero attached hydrogens (tertiary/aromatic N) is 1. The van der Waals surface area contributed by atoms with Crippen LogP contribution < -0.4 is 5.32 Å². The predicted molar refractivity (Wildman–Crippen MR) is 72.3 cm³/mol. The summed E-state index contributed by atoms with van der Waals surface area (Å²) >= 11 is 5.85. The second-order valence-electron chi connectivity index (χ2n) is 4.17. The number of hydrogen-bond donors (Lipinski definition) is 2. The molecule has 19 heavy (non-hydrogen) atoms. The SMILES string of the molecule is O=C(O)CCCCCCNC(=O)c1ccncc1Cl. The molecule has 5 nitrogen and oxygen atoms in total. The predicted octanol–water partition coefficient (Wildman–Crippen LogP) is 2.50. The molecule has 0 fully saturated rings. The van der Waals surface area contributed by atoms with Crippen molar-refractivity contribution in [1.82, 2.24) is 10.3 Å². The van der Waals surface area contributed by atoms with Gasteiger partial charge in [0.2, 0.25) is 0 Å². The number of hydrogen-bond acceptors (Lipinski definition) is 3. The fourth-order valence-corrected chi connectivity index (χ4v) is 1.82. The van der Waals surface area contributed by atoms with Crippen LogP contribution in [0, 0.1) is 0 Å². The van der Waals surface area contributed by atoms with Gasteiger partial charge in [-0.05, 0) is 18.9 Å². The van der Waals surface area contributed by atoms with Gasteiger partial charge in [0, 0.05) is 25.4 Å². The maximum absolute atomic E-state index is 11.7. The molecule has 0 spiro atoms. The number of aromatic nitrogens is 1. The van der Waals surface area contributed by atoms with E-state index in [1.807, 2.05) is 0 Å². The number of carboxylic acids is 1. The molecule has 0 aliphatic carbocycles. The molecule has 6 heteroatoms. The van der Waals surface area contributed by atoms with Gasteiger partial charge in [-0.1, -0.05) is 24.4 Å². The first-order valence-electron chi connectivity index (χ1n) is 6.21. The highest BCUT2D eigenvalue weighted by molar-refractivity contribution is 6.33. The summed E-state index contributed by atoms with van der Waals surface area (Å²) in [6.07, 6.45) is 6.43.